The summed E-state index contributed by atoms with van der Waals surface area (Å²) in [6.07, 6.45) is 13.1. The van der Waals surface area contributed by atoms with Gasteiger partial charge in [0.15, 0.2) is 0 Å². The Morgan fingerprint density at radius 2 is 1.74 bits per heavy atom. The highest BCUT2D eigenvalue weighted by atomic mass is 35.5. The topological polar surface area (TPSA) is 66.9 Å². The minimum absolute atomic E-state index is 0.0189. The number of halogens is 1. The maximum atomic E-state index is 13.7. The first-order valence-electron chi connectivity index (χ1n) is 22.1. The van der Waals surface area contributed by atoms with E-state index >= 15 is 0 Å². The lowest BCUT2D eigenvalue weighted by Crippen LogP contribution is -2.53. The average molecular weight is 804 g/mol. The monoisotopic (exact) mass is 802 g/mol. The van der Waals surface area contributed by atoms with Crippen molar-refractivity contribution in [3.8, 4) is 5.75 Å². The first-order chi connectivity index (χ1) is 28.2. The minimum Gasteiger partial charge on any atom is -0.493 e. The molecule has 1 N–H and O–H groups in total. The molecule has 3 aliphatic carbocycles. The Kier molecular flexibility index (Phi) is 12.8. The van der Waals surface area contributed by atoms with Crippen LogP contribution in [0.5, 0.6) is 5.75 Å². The number of benzene rings is 3. The van der Waals surface area contributed by atoms with Crippen LogP contribution in [0.1, 0.15) is 105 Å². The zero-order valence-corrected chi connectivity index (χ0v) is 35.7. The van der Waals surface area contributed by atoms with Crippen molar-refractivity contribution in [2.75, 3.05) is 51.8 Å². The summed E-state index contributed by atoms with van der Waals surface area (Å²) in [7, 11) is 1.51. The Morgan fingerprint density at radius 1 is 0.948 bits per heavy atom. The van der Waals surface area contributed by atoms with Gasteiger partial charge in [-0.1, -0.05) is 80.0 Å². The molecule has 0 unspecified atom stereocenters. The van der Waals surface area contributed by atoms with Crippen molar-refractivity contribution in [2.45, 2.75) is 108 Å². The highest BCUT2D eigenvalue weighted by Crippen LogP contribution is 2.56. The molecule has 1 aromatic heterocycles. The zero-order chi connectivity index (χ0) is 40.1. The van der Waals surface area contributed by atoms with Gasteiger partial charge in [-0.2, -0.15) is 0 Å². The maximum absolute atomic E-state index is 13.7. The molecule has 3 atom stereocenters. The summed E-state index contributed by atoms with van der Waals surface area (Å²) < 4.78 is 12.2. The number of piperazine rings is 1. The van der Waals surface area contributed by atoms with Crippen molar-refractivity contribution in [3.05, 3.63) is 124 Å². The first-order valence-corrected chi connectivity index (χ1v) is 22.4. The van der Waals surface area contributed by atoms with Gasteiger partial charge in [0, 0.05) is 60.9 Å². The molecule has 0 bridgehead atoms. The van der Waals surface area contributed by atoms with Crippen molar-refractivity contribution >= 4 is 23.3 Å². The SMILES string of the molecule is COC(=O)C1(Nc2cccc(Cl)c2)CCC2(CC1)c1cc(CN3CCN(CCCc4ccccc4)CC3)ccc1C[C@@H]2C[C@@H](C)COc1ccnc2c1[C@H](C)CCC2. The van der Waals surface area contributed by atoms with Crippen molar-refractivity contribution < 1.29 is 14.3 Å². The van der Waals surface area contributed by atoms with Crippen molar-refractivity contribution in [3.63, 3.8) is 0 Å². The number of hydrogen-bond donors (Lipinski definition) is 1. The molecule has 4 aliphatic rings. The third-order valence-corrected chi connectivity index (χ3v) is 14.4. The van der Waals surface area contributed by atoms with Gasteiger partial charge in [0.2, 0.25) is 0 Å². The molecule has 4 aromatic rings. The lowest BCUT2D eigenvalue weighted by Gasteiger charge is -2.48. The number of carbonyl (C=O) groups excluding carboxylic acids is 1. The number of methoxy groups -OCH3 is 1. The van der Waals surface area contributed by atoms with E-state index in [4.69, 9.17) is 26.1 Å². The van der Waals surface area contributed by atoms with Crippen LogP contribution in [0.4, 0.5) is 5.69 Å². The second kappa shape index (κ2) is 18.1. The number of anilines is 1. The van der Waals surface area contributed by atoms with E-state index < -0.39 is 5.54 Å². The van der Waals surface area contributed by atoms with Gasteiger partial charge in [-0.3, -0.25) is 9.88 Å². The van der Waals surface area contributed by atoms with Gasteiger partial charge < -0.3 is 19.7 Å². The van der Waals surface area contributed by atoms with Crippen LogP contribution in [0.15, 0.2) is 85.1 Å². The number of rotatable bonds is 14. The van der Waals surface area contributed by atoms with Crippen molar-refractivity contribution in [1.82, 2.24) is 14.8 Å². The van der Waals surface area contributed by atoms with Crippen LogP contribution in [0.25, 0.3) is 0 Å². The molecule has 8 rings (SSSR count). The number of aromatic nitrogens is 1. The Bertz CT molecular complexity index is 2010. The standard InChI is InChI=1S/C50H63ClN4O3/c1-36(35-58-46-19-24-52-45-16-7-10-37(2)47(45)46)30-41-32-40-18-17-39(34-55-28-26-54(27-29-55)25-9-13-38-11-5-4-6-12-38)31-44(40)49(41)20-22-50(23-21-49,48(56)57-3)53-43-15-8-14-42(51)33-43/h4-6,8,11-12,14-15,17-19,24,31,33,36-37,41,53H,7,9-10,13,16,20-23,25-30,32,34-35H2,1-3H3/t36-,37-,41+,49?,50?/m1/s1. The Balaban J connectivity index is 0.978. The van der Waals surface area contributed by atoms with Crippen LogP contribution in [-0.2, 0) is 40.8 Å². The molecular weight excluding hydrogens is 740 g/mol. The van der Waals surface area contributed by atoms with Crippen molar-refractivity contribution in [2.24, 2.45) is 11.8 Å². The quantitative estimate of drug-likeness (QED) is 0.127. The number of pyridine rings is 1. The van der Waals surface area contributed by atoms with Gasteiger partial charge in [-0.05, 0) is 147 Å². The van der Waals surface area contributed by atoms with Gasteiger partial charge in [0.05, 0.1) is 13.7 Å². The summed E-state index contributed by atoms with van der Waals surface area (Å²) >= 11 is 6.41. The van der Waals surface area contributed by atoms with E-state index in [2.05, 4.69) is 83.6 Å². The van der Waals surface area contributed by atoms with Gasteiger partial charge >= 0.3 is 5.97 Å². The average Bonchev–Trinajstić information content (AvgIpc) is 3.52. The summed E-state index contributed by atoms with van der Waals surface area (Å²) in [5.41, 5.74) is 8.41. The summed E-state index contributed by atoms with van der Waals surface area (Å²) in [6, 6.07) is 28.0. The van der Waals surface area contributed by atoms with Gasteiger partial charge in [0.1, 0.15) is 11.3 Å². The van der Waals surface area contributed by atoms with Crippen molar-refractivity contribution in [1.29, 1.82) is 0 Å². The van der Waals surface area contributed by atoms with Gasteiger partial charge in [-0.25, -0.2) is 4.79 Å². The molecule has 8 heteroatoms. The number of nitrogens with zero attached hydrogens (tertiary/aromatic N) is 3. The van der Waals surface area contributed by atoms with Crippen LogP contribution in [0, 0.1) is 11.8 Å². The molecule has 308 valence electrons. The van der Waals surface area contributed by atoms with E-state index in [0.29, 0.717) is 42.2 Å². The van der Waals surface area contributed by atoms with E-state index in [0.717, 1.165) is 89.2 Å². The normalized spacial score (nSPS) is 25.2. The summed E-state index contributed by atoms with van der Waals surface area (Å²) in [5.74, 6) is 2.15. The lowest BCUT2D eigenvalue weighted by molar-refractivity contribution is -0.148. The number of hydrogen-bond acceptors (Lipinski definition) is 7. The Labute approximate surface area is 351 Å². The maximum Gasteiger partial charge on any atom is 0.331 e. The first kappa shape index (κ1) is 40.9. The molecule has 58 heavy (non-hydrogen) atoms. The lowest BCUT2D eigenvalue weighted by atomic mass is 9.59. The Morgan fingerprint density at radius 3 is 2.52 bits per heavy atom. The predicted octanol–water partition coefficient (Wildman–Crippen LogP) is 10.0. The molecule has 1 saturated carbocycles. The highest BCUT2D eigenvalue weighted by molar-refractivity contribution is 6.30. The van der Waals surface area contributed by atoms with Crippen LogP contribution < -0.4 is 10.1 Å². The van der Waals surface area contributed by atoms with E-state index in [9.17, 15) is 4.79 Å². The summed E-state index contributed by atoms with van der Waals surface area (Å²) in [6.45, 7) is 12.0. The largest absolute Gasteiger partial charge is 0.493 e. The van der Waals surface area contributed by atoms with Gasteiger partial charge in [-0.15, -0.1) is 0 Å². The molecular formula is C50H63ClN4O3. The van der Waals surface area contributed by atoms with Crippen LogP contribution in [0.3, 0.4) is 0 Å². The van der Waals surface area contributed by atoms with E-state index in [1.54, 1.807) is 0 Å². The molecule has 1 aliphatic heterocycles. The highest BCUT2D eigenvalue weighted by Gasteiger charge is 2.54. The molecule has 2 fully saturated rings. The number of ether oxygens (including phenoxy) is 2. The third-order valence-electron chi connectivity index (χ3n) is 14.2. The summed E-state index contributed by atoms with van der Waals surface area (Å²) in [5, 5.41) is 4.28. The number of carbonyl (C=O) groups is 1. The van der Waals surface area contributed by atoms with Crippen LogP contribution in [-0.4, -0.2) is 72.7 Å². The molecule has 3 aromatic carbocycles. The summed E-state index contributed by atoms with van der Waals surface area (Å²) in [4.78, 5) is 23.7. The van der Waals surface area contributed by atoms with Crippen LogP contribution in [0.2, 0.25) is 5.02 Å². The van der Waals surface area contributed by atoms with E-state index in [1.165, 1.54) is 59.9 Å². The Hall–Kier alpha value is -3.91. The number of esters is 1. The number of fused-ring (bicyclic) bond motifs is 3. The van der Waals surface area contributed by atoms with E-state index in [-0.39, 0.29) is 11.4 Å². The molecule has 1 saturated heterocycles. The fourth-order valence-corrected chi connectivity index (χ4v) is 11.2. The fourth-order valence-electron chi connectivity index (χ4n) is 11.0. The molecule has 7 nitrogen and oxygen atoms in total. The fraction of sp³-hybridized carbons (Fsp3) is 0.520. The molecule has 1 spiro atoms. The van der Waals surface area contributed by atoms with E-state index in [1.807, 2.05) is 30.5 Å². The number of aryl methyl sites for hydroxylation is 2. The predicted molar refractivity (Wildman–Crippen MR) is 235 cm³/mol. The molecule has 0 amide bonds. The second-order valence-corrected chi connectivity index (χ2v) is 18.5. The second-order valence-electron chi connectivity index (χ2n) is 18.1. The smallest absolute Gasteiger partial charge is 0.331 e. The minimum atomic E-state index is -0.803. The number of nitrogens with one attached hydrogen (secondary N) is 1. The third kappa shape index (κ3) is 8.97. The molecule has 2 heterocycles. The van der Waals surface area contributed by atoms with Crippen LogP contribution >= 0.6 is 11.6 Å². The molecule has 0 radical (unpaired) electrons. The van der Waals surface area contributed by atoms with Gasteiger partial charge in [0.25, 0.3) is 0 Å². The zero-order valence-electron chi connectivity index (χ0n) is 35.0.